The van der Waals surface area contributed by atoms with Crippen LogP contribution in [0.3, 0.4) is 0 Å². The summed E-state index contributed by atoms with van der Waals surface area (Å²) in [7, 11) is 0. The molecule has 0 aliphatic carbocycles. The lowest BCUT2D eigenvalue weighted by Crippen LogP contribution is -2.55. The molecule has 124 valence electrons. The summed E-state index contributed by atoms with van der Waals surface area (Å²) in [6.07, 6.45) is 0. The fraction of sp³-hybridized carbons (Fsp3) is 0.526. The van der Waals surface area contributed by atoms with Crippen LogP contribution < -0.4 is 0 Å². The summed E-state index contributed by atoms with van der Waals surface area (Å²) < 4.78 is 0. The molecular weight excluding hydrogens is 288 g/mol. The van der Waals surface area contributed by atoms with E-state index in [0.717, 1.165) is 31.7 Å². The van der Waals surface area contributed by atoms with Crippen molar-refractivity contribution < 1.29 is 9.90 Å². The number of hydrogen-bond acceptors (Lipinski definition) is 3. The van der Waals surface area contributed by atoms with E-state index in [1.807, 2.05) is 43.0 Å². The maximum absolute atomic E-state index is 12.2. The van der Waals surface area contributed by atoms with Crippen LogP contribution in [-0.2, 0) is 11.3 Å². The minimum atomic E-state index is -0.979. The number of carbonyl (C=O) groups excluding carboxylic acids is 1. The largest absolute Gasteiger partial charge is 0.378 e. The molecule has 0 radical (unpaired) electrons. The van der Waals surface area contributed by atoms with Crippen molar-refractivity contribution in [2.24, 2.45) is 0 Å². The Labute approximate surface area is 139 Å². The van der Waals surface area contributed by atoms with Crippen LogP contribution in [0.1, 0.15) is 38.8 Å². The lowest BCUT2D eigenvalue weighted by molar-refractivity contribution is -0.141. The smallest absolute Gasteiger partial charge is 0.239 e. The maximum atomic E-state index is 12.2. The SMILES string of the molecule is CCN1CCN(Cc2ccc(C#CC(C)(C)O)cc2)C(C)C1=O. The predicted octanol–water partition coefficient (Wildman–Crippen LogP) is 1.86. The average molecular weight is 314 g/mol. The molecule has 2 rings (SSSR count). The summed E-state index contributed by atoms with van der Waals surface area (Å²) in [5.74, 6) is 5.99. The second kappa shape index (κ2) is 7.16. The summed E-state index contributed by atoms with van der Waals surface area (Å²) >= 11 is 0. The Morgan fingerprint density at radius 1 is 1.26 bits per heavy atom. The van der Waals surface area contributed by atoms with E-state index in [0.29, 0.717) is 0 Å². The maximum Gasteiger partial charge on any atom is 0.239 e. The highest BCUT2D eigenvalue weighted by Crippen LogP contribution is 2.15. The van der Waals surface area contributed by atoms with Gasteiger partial charge in [-0.2, -0.15) is 0 Å². The molecule has 1 unspecified atom stereocenters. The molecule has 1 aliphatic rings. The van der Waals surface area contributed by atoms with Gasteiger partial charge in [-0.15, -0.1) is 0 Å². The standard InChI is InChI=1S/C19H26N2O2/c1-5-20-12-13-21(15(2)18(20)22)14-17-8-6-16(7-9-17)10-11-19(3,4)23/h6-9,15,23H,5,12-14H2,1-4H3. The zero-order valence-electron chi connectivity index (χ0n) is 14.5. The minimum absolute atomic E-state index is 0.0710. The predicted molar refractivity (Wildman–Crippen MR) is 91.7 cm³/mol. The molecule has 1 aromatic carbocycles. The third-order valence-electron chi connectivity index (χ3n) is 4.11. The van der Waals surface area contributed by atoms with Gasteiger partial charge in [0.15, 0.2) is 0 Å². The molecule has 1 aliphatic heterocycles. The van der Waals surface area contributed by atoms with Crippen molar-refractivity contribution in [3.05, 3.63) is 35.4 Å². The van der Waals surface area contributed by atoms with E-state index in [2.05, 4.69) is 16.7 Å². The van der Waals surface area contributed by atoms with Crippen LogP contribution >= 0.6 is 0 Å². The first-order valence-corrected chi connectivity index (χ1v) is 8.17. The molecule has 1 atom stereocenters. The molecule has 1 heterocycles. The minimum Gasteiger partial charge on any atom is -0.378 e. The molecule has 1 fully saturated rings. The van der Waals surface area contributed by atoms with E-state index in [1.54, 1.807) is 13.8 Å². The van der Waals surface area contributed by atoms with E-state index < -0.39 is 5.60 Å². The van der Waals surface area contributed by atoms with Gasteiger partial charge in [0.25, 0.3) is 0 Å². The molecule has 0 saturated carbocycles. The van der Waals surface area contributed by atoms with Gasteiger partial charge in [0.05, 0.1) is 6.04 Å². The van der Waals surface area contributed by atoms with E-state index in [9.17, 15) is 9.90 Å². The van der Waals surface area contributed by atoms with Crippen molar-refractivity contribution in [2.75, 3.05) is 19.6 Å². The Morgan fingerprint density at radius 2 is 1.91 bits per heavy atom. The third kappa shape index (κ3) is 4.82. The topological polar surface area (TPSA) is 43.8 Å². The van der Waals surface area contributed by atoms with E-state index >= 15 is 0 Å². The molecule has 23 heavy (non-hydrogen) atoms. The fourth-order valence-electron chi connectivity index (χ4n) is 2.66. The Balaban J connectivity index is 2.01. The molecule has 0 spiro atoms. The Morgan fingerprint density at radius 3 is 2.48 bits per heavy atom. The van der Waals surface area contributed by atoms with Gasteiger partial charge in [-0.05, 0) is 45.4 Å². The van der Waals surface area contributed by atoms with Gasteiger partial charge in [0.1, 0.15) is 5.60 Å². The number of aliphatic hydroxyl groups is 1. The molecule has 0 aromatic heterocycles. The summed E-state index contributed by atoms with van der Waals surface area (Å²) in [6, 6.07) is 7.93. The lowest BCUT2D eigenvalue weighted by Gasteiger charge is -2.38. The highest BCUT2D eigenvalue weighted by Gasteiger charge is 2.30. The Hall–Kier alpha value is -1.83. The van der Waals surface area contributed by atoms with Crippen LogP contribution in [0, 0.1) is 11.8 Å². The summed E-state index contributed by atoms with van der Waals surface area (Å²) in [4.78, 5) is 16.4. The highest BCUT2D eigenvalue weighted by atomic mass is 16.3. The van der Waals surface area contributed by atoms with Gasteiger partial charge in [0, 0.05) is 31.7 Å². The van der Waals surface area contributed by atoms with Crippen LogP contribution in [0.15, 0.2) is 24.3 Å². The summed E-state index contributed by atoms with van der Waals surface area (Å²) in [5, 5.41) is 9.63. The number of nitrogens with zero attached hydrogens (tertiary/aromatic N) is 2. The van der Waals surface area contributed by atoms with Gasteiger partial charge < -0.3 is 10.0 Å². The quantitative estimate of drug-likeness (QED) is 0.866. The fourth-order valence-corrected chi connectivity index (χ4v) is 2.66. The number of carbonyl (C=O) groups is 1. The first-order chi connectivity index (χ1) is 10.8. The van der Waals surface area contributed by atoms with Gasteiger partial charge in [-0.3, -0.25) is 9.69 Å². The molecule has 1 amide bonds. The van der Waals surface area contributed by atoms with Crippen molar-refractivity contribution in [2.45, 2.75) is 45.9 Å². The first-order valence-electron chi connectivity index (χ1n) is 8.17. The van der Waals surface area contributed by atoms with E-state index in [4.69, 9.17) is 0 Å². The lowest BCUT2D eigenvalue weighted by atomic mass is 10.1. The number of piperazine rings is 1. The number of rotatable bonds is 3. The second-order valence-corrected chi connectivity index (χ2v) is 6.57. The normalized spacial score (nSPS) is 19.4. The zero-order chi connectivity index (χ0) is 17.0. The van der Waals surface area contributed by atoms with Gasteiger partial charge in [-0.1, -0.05) is 24.0 Å². The summed E-state index contributed by atoms with van der Waals surface area (Å²) in [6.45, 7) is 10.6. The van der Waals surface area contributed by atoms with Gasteiger partial charge >= 0.3 is 0 Å². The van der Waals surface area contributed by atoms with Crippen LogP contribution in [0.25, 0.3) is 0 Å². The zero-order valence-corrected chi connectivity index (χ0v) is 14.5. The van der Waals surface area contributed by atoms with Crippen LogP contribution in [-0.4, -0.2) is 52.1 Å². The number of benzene rings is 1. The van der Waals surface area contributed by atoms with E-state index in [1.165, 1.54) is 5.56 Å². The number of hydrogen-bond donors (Lipinski definition) is 1. The molecule has 1 saturated heterocycles. The first kappa shape index (κ1) is 17.5. The van der Waals surface area contributed by atoms with Crippen molar-refractivity contribution in [3.8, 4) is 11.8 Å². The molecular formula is C19H26N2O2. The second-order valence-electron chi connectivity index (χ2n) is 6.57. The Bertz CT molecular complexity index is 605. The summed E-state index contributed by atoms with van der Waals surface area (Å²) in [5.41, 5.74) is 1.08. The Kier molecular flexibility index (Phi) is 5.46. The molecule has 0 bridgehead atoms. The van der Waals surface area contributed by atoms with Crippen LogP contribution in [0.2, 0.25) is 0 Å². The van der Waals surface area contributed by atoms with Crippen molar-refractivity contribution in [1.82, 2.24) is 9.80 Å². The van der Waals surface area contributed by atoms with Crippen molar-refractivity contribution >= 4 is 5.91 Å². The van der Waals surface area contributed by atoms with Gasteiger partial charge in [0.2, 0.25) is 5.91 Å². The third-order valence-corrected chi connectivity index (χ3v) is 4.11. The van der Waals surface area contributed by atoms with Crippen LogP contribution in [0.5, 0.6) is 0 Å². The molecule has 1 aromatic rings. The van der Waals surface area contributed by atoms with E-state index in [-0.39, 0.29) is 11.9 Å². The van der Waals surface area contributed by atoms with Crippen LogP contribution in [0.4, 0.5) is 0 Å². The molecule has 1 N–H and O–H groups in total. The highest BCUT2D eigenvalue weighted by molar-refractivity contribution is 5.82. The number of likely N-dealkylation sites (N-methyl/N-ethyl adjacent to an activating group) is 1. The monoisotopic (exact) mass is 314 g/mol. The molecule has 4 nitrogen and oxygen atoms in total. The number of amides is 1. The van der Waals surface area contributed by atoms with Gasteiger partial charge in [-0.25, -0.2) is 0 Å². The van der Waals surface area contributed by atoms with Crippen molar-refractivity contribution in [3.63, 3.8) is 0 Å². The molecule has 4 heteroatoms. The average Bonchev–Trinajstić information content (AvgIpc) is 2.51. The van der Waals surface area contributed by atoms with Crippen molar-refractivity contribution in [1.29, 1.82) is 0 Å².